The Balaban J connectivity index is 2.60. The van der Waals surface area contributed by atoms with Crippen LogP contribution in [0.15, 0.2) is 30.3 Å². The SMILES string of the molecule is CCCCN(CC(O)CNC)c1ccccc1. The molecule has 1 unspecified atom stereocenters. The number of nitrogens with one attached hydrogen (secondary N) is 1. The van der Waals surface area contributed by atoms with Crippen molar-refractivity contribution in [2.75, 3.05) is 31.6 Å². The molecule has 17 heavy (non-hydrogen) atoms. The van der Waals surface area contributed by atoms with Crippen LogP contribution < -0.4 is 10.2 Å². The third kappa shape index (κ3) is 5.20. The molecule has 3 heteroatoms. The Kier molecular flexibility index (Phi) is 6.67. The number of hydrogen-bond acceptors (Lipinski definition) is 3. The van der Waals surface area contributed by atoms with Gasteiger partial charge in [-0.25, -0.2) is 0 Å². The second kappa shape index (κ2) is 8.09. The Bertz CT molecular complexity index is 290. The lowest BCUT2D eigenvalue weighted by Gasteiger charge is -2.27. The maximum atomic E-state index is 9.88. The quantitative estimate of drug-likeness (QED) is 0.723. The van der Waals surface area contributed by atoms with Crippen molar-refractivity contribution in [3.05, 3.63) is 30.3 Å². The van der Waals surface area contributed by atoms with Crippen molar-refractivity contribution in [3.8, 4) is 0 Å². The molecule has 0 aliphatic heterocycles. The first-order valence-corrected chi connectivity index (χ1v) is 6.40. The van der Waals surface area contributed by atoms with E-state index in [9.17, 15) is 5.11 Å². The van der Waals surface area contributed by atoms with Crippen molar-refractivity contribution in [1.29, 1.82) is 0 Å². The normalized spacial score (nSPS) is 12.4. The highest BCUT2D eigenvalue weighted by Crippen LogP contribution is 2.14. The monoisotopic (exact) mass is 236 g/mol. The number of nitrogens with zero attached hydrogens (tertiary/aromatic N) is 1. The lowest BCUT2D eigenvalue weighted by atomic mass is 10.2. The van der Waals surface area contributed by atoms with Crippen LogP contribution in [0.25, 0.3) is 0 Å². The average molecular weight is 236 g/mol. The zero-order chi connectivity index (χ0) is 12.5. The Morgan fingerprint density at radius 3 is 2.59 bits per heavy atom. The Morgan fingerprint density at radius 2 is 2.00 bits per heavy atom. The van der Waals surface area contributed by atoms with Crippen molar-refractivity contribution in [2.24, 2.45) is 0 Å². The summed E-state index contributed by atoms with van der Waals surface area (Å²) in [5, 5.41) is 12.9. The van der Waals surface area contributed by atoms with Gasteiger partial charge in [-0.05, 0) is 25.6 Å². The number of unbranched alkanes of at least 4 members (excludes halogenated alkanes) is 1. The van der Waals surface area contributed by atoms with Crippen molar-refractivity contribution < 1.29 is 5.11 Å². The molecule has 1 atom stereocenters. The number of aliphatic hydroxyl groups is 1. The number of hydrogen-bond donors (Lipinski definition) is 2. The minimum absolute atomic E-state index is 0.322. The zero-order valence-corrected chi connectivity index (χ0v) is 10.9. The maximum absolute atomic E-state index is 9.88. The van der Waals surface area contributed by atoms with E-state index in [0.717, 1.165) is 13.0 Å². The van der Waals surface area contributed by atoms with E-state index < -0.39 is 0 Å². The molecule has 0 aromatic heterocycles. The summed E-state index contributed by atoms with van der Waals surface area (Å²) in [5.41, 5.74) is 1.19. The number of rotatable bonds is 8. The molecular weight excluding hydrogens is 212 g/mol. The molecule has 0 saturated heterocycles. The molecule has 0 radical (unpaired) electrons. The molecule has 0 fully saturated rings. The Morgan fingerprint density at radius 1 is 1.29 bits per heavy atom. The second-order valence-electron chi connectivity index (χ2n) is 4.35. The number of benzene rings is 1. The average Bonchev–Trinajstić information content (AvgIpc) is 2.36. The molecule has 3 nitrogen and oxygen atoms in total. The fourth-order valence-corrected chi connectivity index (χ4v) is 1.87. The van der Waals surface area contributed by atoms with E-state index in [1.54, 1.807) is 0 Å². The first kappa shape index (κ1) is 14.0. The van der Waals surface area contributed by atoms with Crippen molar-refractivity contribution >= 4 is 5.69 Å². The molecule has 0 aliphatic rings. The first-order valence-electron chi connectivity index (χ1n) is 6.40. The minimum Gasteiger partial charge on any atom is -0.390 e. The number of likely N-dealkylation sites (N-methyl/N-ethyl adjacent to an activating group) is 1. The van der Waals surface area contributed by atoms with Gasteiger partial charge in [0, 0.05) is 25.3 Å². The molecule has 0 heterocycles. The molecule has 1 aromatic carbocycles. The smallest absolute Gasteiger partial charge is 0.0839 e. The van der Waals surface area contributed by atoms with Gasteiger partial charge in [0.25, 0.3) is 0 Å². The highest BCUT2D eigenvalue weighted by molar-refractivity contribution is 5.46. The third-order valence-electron chi connectivity index (χ3n) is 2.77. The zero-order valence-electron chi connectivity index (χ0n) is 10.9. The number of aliphatic hydroxyl groups excluding tert-OH is 1. The van der Waals surface area contributed by atoms with Crippen LogP contribution in [0.5, 0.6) is 0 Å². The molecule has 0 aliphatic carbocycles. The van der Waals surface area contributed by atoms with Crippen LogP contribution in [0.2, 0.25) is 0 Å². The summed E-state index contributed by atoms with van der Waals surface area (Å²) >= 11 is 0. The first-order chi connectivity index (χ1) is 8.27. The van der Waals surface area contributed by atoms with Gasteiger partial charge in [0.15, 0.2) is 0 Å². The fourth-order valence-electron chi connectivity index (χ4n) is 1.87. The molecule has 0 spiro atoms. The van der Waals surface area contributed by atoms with E-state index in [4.69, 9.17) is 0 Å². The topological polar surface area (TPSA) is 35.5 Å². The number of para-hydroxylation sites is 1. The second-order valence-corrected chi connectivity index (χ2v) is 4.35. The highest BCUT2D eigenvalue weighted by atomic mass is 16.3. The molecule has 0 amide bonds. The van der Waals surface area contributed by atoms with Gasteiger partial charge in [0.1, 0.15) is 0 Å². The molecule has 1 rings (SSSR count). The van der Waals surface area contributed by atoms with E-state index in [2.05, 4.69) is 29.3 Å². The van der Waals surface area contributed by atoms with E-state index in [0.29, 0.717) is 13.1 Å². The van der Waals surface area contributed by atoms with Gasteiger partial charge < -0.3 is 15.3 Å². The van der Waals surface area contributed by atoms with Crippen molar-refractivity contribution in [1.82, 2.24) is 5.32 Å². The molecule has 2 N–H and O–H groups in total. The fraction of sp³-hybridized carbons (Fsp3) is 0.571. The Hall–Kier alpha value is -1.06. The van der Waals surface area contributed by atoms with Gasteiger partial charge in [0.2, 0.25) is 0 Å². The van der Waals surface area contributed by atoms with Gasteiger partial charge in [-0.15, -0.1) is 0 Å². The summed E-state index contributed by atoms with van der Waals surface area (Å²) in [6, 6.07) is 10.3. The van der Waals surface area contributed by atoms with Crippen LogP contribution in [0.4, 0.5) is 5.69 Å². The third-order valence-corrected chi connectivity index (χ3v) is 2.77. The van der Waals surface area contributed by atoms with Crippen molar-refractivity contribution in [3.63, 3.8) is 0 Å². The molecular formula is C14H24N2O. The summed E-state index contributed by atoms with van der Waals surface area (Å²) < 4.78 is 0. The lowest BCUT2D eigenvalue weighted by Crippen LogP contribution is -2.38. The van der Waals surface area contributed by atoms with E-state index in [1.165, 1.54) is 12.1 Å². The van der Waals surface area contributed by atoms with Crippen LogP contribution in [-0.2, 0) is 0 Å². The van der Waals surface area contributed by atoms with Gasteiger partial charge in [-0.3, -0.25) is 0 Å². The van der Waals surface area contributed by atoms with Crippen LogP contribution in [0, 0.1) is 0 Å². The van der Waals surface area contributed by atoms with E-state index in [-0.39, 0.29) is 6.10 Å². The minimum atomic E-state index is -0.322. The van der Waals surface area contributed by atoms with Crippen LogP contribution in [-0.4, -0.2) is 37.9 Å². The van der Waals surface area contributed by atoms with Crippen LogP contribution >= 0.6 is 0 Å². The van der Waals surface area contributed by atoms with Crippen molar-refractivity contribution in [2.45, 2.75) is 25.9 Å². The molecule has 1 aromatic rings. The largest absolute Gasteiger partial charge is 0.390 e. The summed E-state index contributed by atoms with van der Waals surface area (Å²) in [5.74, 6) is 0. The lowest BCUT2D eigenvalue weighted by molar-refractivity contribution is 0.179. The molecule has 0 bridgehead atoms. The van der Waals surface area contributed by atoms with Crippen LogP contribution in [0.3, 0.4) is 0 Å². The van der Waals surface area contributed by atoms with Gasteiger partial charge in [-0.2, -0.15) is 0 Å². The summed E-state index contributed by atoms with van der Waals surface area (Å²) in [6.07, 6.45) is 2.00. The predicted octanol–water partition coefficient (Wildman–Crippen LogP) is 1.87. The predicted molar refractivity (Wildman–Crippen MR) is 73.5 cm³/mol. The van der Waals surface area contributed by atoms with Gasteiger partial charge in [0.05, 0.1) is 6.10 Å². The molecule has 0 saturated carbocycles. The van der Waals surface area contributed by atoms with Gasteiger partial charge >= 0.3 is 0 Å². The summed E-state index contributed by atoms with van der Waals surface area (Å²) in [7, 11) is 1.86. The van der Waals surface area contributed by atoms with E-state index >= 15 is 0 Å². The standard InChI is InChI=1S/C14H24N2O/c1-3-4-10-16(12-14(17)11-15-2)13-8-6-5-7-9-13/h5-9,14-15,17H,3-4,10-12H2,1-2H3. The summed E-state index contributed by atoms with van der Waals surface area (Å²) in [4.78, 5) is 2.26. The van der Waals surface area contributed by atoms with Crippen LogP contribution in [0.1, 0.15) is 19.8 Å². The molecule has 96 valence electrons. The van der Waals surface area contributed by atoms with Gasteiger partial charge in [-0.1, -0.05) is 31.5 Å². The summed E-state index contributed by atoms with van der Waals surface area (Å²) in [6.45, 7) is 4.51. The van der Waals surface area contributed by atoms with E-state index in [1.807, 2.05) is 25.2 Å². The Labute approximate surface area is 104 Å². The highest BCUT2D eigenvalue weighted by Gasteiger charge is 2.11. The number of anilines is 1. The maximum Gasteiger partial charge on any atom is 0.0839 e.